The van der Waals surface area contributed by atoms with E-state index in [0.717, 1.165) is 18.1 Å². The highest BCUT2D eigenvalue weighted by Gasteiger charge is 2.11. The van der Waals surface area contributed by atoms with Gasteiger partial charge in [0.25, 0.3) is 0 Å². The van der Waals surface area contributed by atoms with Crippen molar-refractivity contribution in [2.45, 2.75) is 46.1 Å². The molecule has 2 N–H and O–H groups in total. The first-order chi connectivity index (χ1) is 7.72. The van der Waals surface area contributed by atoms with Crippen LogP contribution in [0.1, 0.15) is 43.7 Å². The van der Waals surface area contributed by atoms with E-state index in [-0.39, 0.29) is 0 Å². The lowest BCUT2D eigenvalue weighted by molar-refractivity contribution is 0.703. The Labute approximate surface area is 103 Å². The van der Waals surface area contributed by atoms with Gasteiger partial charge in [0.05, 0.1) is 5.69 Å². The van der Waals surface area contributed by atoms with Crippen LogP contribution in [0, 0.1) is 0 Å². The predicted molar refractivity (Wildman–Crippen MR) is 72.2 cm³/mol. The van der Waals surface area contributed by atoms with E-state index in [2.05, 4.69) is 30.8 Å². The van der Waals surface area contributed by atoms with Gasteiger partial charge in [0.2, 0.25) is 0 Å². The van der Waals surface area contributed by atoms with Crippen molar-refractivity contribution in [1.29, 1.82) is 0 Å². The van der Waals surface area contributed by atoms with Crippen molar-refractivity contribution in [3.8, 4) is 0 Å². The van der Waals surface area contributed by atoms with E-state index < -0.39 is 0 Å². The first-order valence-corrected chi connectivity index (χ1v) is 6.94. The molecule has 0 amide bonds. The van der Waals surface area contributed by atoms with Crippen LogP contribution < -0.4 is 10.6 Å². The van der Waals surface area contributed by atoms with Crippen LogP contribution in [-0.4, -0.2) is 18.6 Å². The smallest absolute Gasteiger partial charge is 0.185 e. The van der Waals surface area contributed by atoms with Gasteiger partial charge >= 0.3 is 0 Å². The van der Waals surface area contributed by atoms with Crippen LogP contribution in [0.15, 0.2) is 0 Å². The highest BCUT2D eigenvalue weighted by molar-refractivity contribution is 7.15. The Morgan fingerprint density at radius 2 is 2.06 bits per heavy atom. The molecule has 0 radical (unpaired) electrons. The summed E-state index contributed by atoms with van der Waals surface area (Å²) in [5.74, 6) is 0. The van der Waals surface area contributed by atoms with Crippen molar-refractivity contribution < 1.29 is 0 Å². The minimum absolute atomic E-state index is 0.615. The van der Waals surface area contributed by atoms with Gasteiger partial charge in [-0.25, -0.2) is 4.98 Å². The van der Waals surface area contributed by atoms with Crippen LogP contribution in [0.2, 0.25) is 0 Å². The first kappa shape index (κ1) is 13.5. The van der Waals surface area contributed by atoms with Crippen LogP contribution >= 0.6 is 11.3 Å². The number of nitrogens with two attached hydrogens (primary N) is 1. The summed E-state index contributed by atoms with van der Waals surface area (Å²) in [5.41, 5.74) is 6.88. The second-order valence-electron chi connectivity index (χ2n) is 4.05. The van der Waals surface area contributed by atoms with Crippen LogP contribution in [0.3, 0.4) is 0 Å². The van der Waals surface area contributed by atoms with E-state index in [1.165, 1.54) is 29.8 Å². The molecule has 0 saturated carbocycles. The lowest BCUT2D eigenvalue weighted by Gasteiger charge is -2.14. The number of hydrogen-bond acceptors (Lipinski definition) is 4. The third kappa shape index (κ3) is 3.46. The third-order valence-corrected chi connectivity index (χ3v) is 3.95. The van der Waals surface area contributed by atoms with Gasteiger partial charge in [0, 0.05) is 25.0 Å². The van der Waals surface area contributed by atoms with Crippen molar-refractivity contribution in [1.82, 2.24) is 4.98 Å². The second-order valence-corrected chi connectivity index (χ2v) is 5.11. The SMILES string of the molecule is CCCCCN(C)c1nc(CC)c(CN)s1. The zero-order valence-corrected chi connectivity index (χ0v) is 11.4. The summed E-state index contributed by atoms with van der Waals surface area (Å²) < 4.78 is 0. The molecule has 0 aromatic carbocycles. The average Bonchev–Trinajstić information content (AvgIpc) is 2.72. The maximum Gasteiger partial charge on any atom is 0.185 e. The van der Waals surface area contributed by atoms with Crippen molar-refractivity contribution in [2.75, 3.05) is 18.5 Å². The monoisotopic (exact) mass is 241 g/mol. The standard InChI is InChI=1S/C12H23N3S/c1-4-6-7-8-15(3)12-14-10(5-2)11(9-13)16-12/h4-9,13H2,1-3H3. The topological polar surface area (TPSA) is 42.2 Å². The van der Waals surface area contributed by atoms with E-state index in [4.69, 9.17) is 5.73 Å². The fourth-order valence-electron chi connectivity index (χ4n) is 1.66. The van der Waals surface area contributed by atoms with Crippen LogP contribution in [0.5, 0.6) is 0 Å². The molecule has 1 rings (SSSR count). The molecule has 0 spiro atoms. The molecule has 4 heteroatoms. The molecule has 3 nitrogen and oxygen atoms in total. The molecule has 92 valence electrons. The number of hydrogen-bond donors (Lipinski definition) is 1. The van der Waals surface area contributed by atoms with Gasteiger partial charge in [-0.2, -0.15) is 0 Å². The molecule has 1 aromatic rings. The molecule has 0 fully saturated rings. The zero-order chi connectivity index (χ0) is 12.0. The maximum atomic E-state index is 5.71. The van der Waals surface area contributed by atoms with Gasteiger partial charge in [0.15, 0.2) is 5.13 Å². The minimum atomic E-state index is 0.615. The molecule has 0 aliphatic rings. The summed E-state index contributed by atoms with van der Waals surface area (Å²) in [5, 5.41) is 1.12. The molecule has 16 heavy (non-hydrogen) atoms. The summed E-state index contributed by atoms with van der Waals surface area (Å²) in [6.07, 6.45) is 4.78. The lowest BCUT2D eigenvalue weighted by atomic mass is 10.2. The van der Waals surface area contributed by atoms with E-state index >= 15 is 0 Å². The van der Waals surface area contributed by atoms with Gasteiger partial charge in [0.1, 0.15) is 0 Å². The Morgan fingerprint density at radius 1 is 1.31 bits per heavy atom. The van der Waals surface area contributed by atoms with Gasteiger partial charge in [-0.15, -0.1) is 11.3 Å². The Bertz CT molecular complexity index is 288. The quantitative estimate of drug-likeness (QED) is 0.746. The maximum absolute atomic E-state index is 5.71. The zero-order valence-electron chi connectivity index (χ0n) is 10.6. The number of anilines is 1. The van der Waals surface area contributed by atoms with E-state index in [0.29, 0.717) is 6.54 Å². The molecular weight excluding hydrogens is 218 g/mol. The van der Waals surface area contributed by atoms with E-state index in [9.17, 15) is 0 Å². The van der Waals surface area contributed by atoms with Gasteiger partial charge in [-0.05, 0) is 12.8 Å². The Morgan fingerprint density at radius 3 is 2.56 bits per heavy atom. The molecule has 0 aliphatic heterocycles. The third-order valence-electron chi connectivity index (χ3n) is 2.71. The Balaban J connectivity index is 2.60. The van der Waals surface area contributed by atoms with Crippen LogP contribution in [0.25, 0.3) is 0 Å². The molecule has 1 heterocycles. The molecule has 0 bridgehead atoms. The largest absolute Gasteiger partial charge is 0.351 e. The number of thiazole rings is 1. The summed E-state index contributed by atoms with van der Waals surface area (Å²) >= 11 is 1.74. The van der Waals surface area contributed by atoms with E-state index in [1.54, 1.807) is 11.3 Å². The highest BCUT2D eigenvalue weighted by atomic mass is 32.1. The predicted octanol–water partition coefficient (Wildman–Crippen LogP) is 2.79. The number of rotatable bonds is 7. The van der Waals surface area contributed by atoms with E-state index in [1.807, 2.05) is 0 Å². The summed E-state index contributed by atoms with van der Waals surface area (Å²) in [4.78, 5) is 8.13. The summed E-state index contributed by atoms with van der Waals surface area (Å²) in [7, 11) is 2.12. The molecule has 0 aliphatic carbocycles. The number of aromatic nitrogens is 1. The normalized spacial score (nSPS) is 10.8. The summed E-state index contributed by atoms with van der Waals surface area (Å²) in [6.45, 7) is 6.07. The number of unbranched alkanes of at least 4 members (excludes halogenated alkanes) is 2. The molecule has 0 atom stereocenters. The first-order valence-electron chi connectivity index (χ1n) is 6.12. The molecule has 0 saturated heterocycles. The Hall–Kier alpha value is -0.610. The molecule has 1 aromatic heterocycles. The lowest BCUT2D eigenvalue weighted by Crippen LogP contribution is -2.18. The number of aryl methyl sites for hydroxylation is 1. The second kappa shape index (κ2) is 6.86. The van der Waals surface area contributed by atoms with Crippen molar-refractivity contribution in [2.24, 2.45) is 5.73 Å². The fraction of sp³-hybridized carbons (Fsp3) is 0.750. The average molecular weight is 241 g/mol. The Kier molecular flexibility index (Phi) is 5.77. The molecule has 0 unspecified atom stereocenters. The molecular formula is C12H23N3S. The fourth-order valence-corrected chi connectivity index (χ4v) is 2.68. The van der Waals surface area contributed by atoms with Gasteiger partial charge in [-0.1, -0.05) is 26.7 Å². The van der Waals surface area contributed by atoms with Crippen LogP contribution in [-0.2, 0) is 13.0 Å². The van der Waals surface area contributed by atoms with Crippen molar-refractivity contribution in [3.63, 3.8) is 0 Å². The van der Waals surface area contributed by atoms with Gasteiger partial charge in [-0.3, -0.25) is 0 Å². The van der Waals surface area contributed by atoms with Crippen LogP contribution in [0.4, 0.5) is 5.13 Å². The minimum Gasteiger partial charge on any atom is -0.351 e. The van der Waals surface area contributed by atoms with Crippen molar-refractivity contribution in [3.05, 3.63) is 10.6 Å². The van der Waals surface area contributed by atoms with Gasteiger partial charge < -0.3 is 10.6 Å². The summed E-state index contributed by atoms with van der Waals surface area (Å²) in [6, 6.07) is 0. The number of nitrogens with zero attached hydrogens (tertiary/aromatic N) is 2. The highest BCUT2D eigenvalue weighted by Crippen LogP contribution is 2.25. The van der Waals surface area contributed by atoms with Crippen molar-refractivity contribution >= 4 is 16.5 Å².